The van der Waals surface area contributed by atoms with Gasteiger partial charge in [-0.15, -0.1) is 13.2 Å². The molecule has 3 heterocycles. The summed E-state index contributed by atoms with van der Waals surface area (Å²) in [6.45, 7) is 12.1. The largest absolute Gasteiger partial charge is 0.394 e. The number of fused-ring (bicyclic) bond motifs is 1. The second-order valence-corrected chi connectivity index (χ2v) is 14.1. The number of hydrogen-bond acceptors (Lipinski definition) is 5. The van der Waals surface area contributed by atoms with Crippen LogP contribution < -0.4 is 4.90 Å². The van der Waals surface area contributed by atoms with Crippen LogP contribution in [0, 0.1) is 17.8 Å². The Morgan fingerprint density at radius 3 is 2.20 bits per heavy atom. The molecule has 256 valence electrons. The molecule has 3 aromatic rings. The molecule has 3 amide bonds. The van der Waals surface area contributed by atoms with E-state index in [1.807, 2.05) is 74.5 Å². The molecule has 7 atom stereocenters. The van der Waals surface area contributed by atoms with E-state index in [2.05, 4.69) is 13.2 Å². The van der Waals surface area contributed by atoms with Crippen LogP contribution in [0.5, 0.6) is 0 Å². The molecule has 0 aliphatic carbocycles. The van der Waals surface area contributed by atoms with Crippen molar-refractivity contribution in [3.05, 3.63) is 126 Å². The highest BCUT2D eigenvalue weighted by atomic mass is 35.5. The minimum Gasteiger partial charge on any atom is -0.394 e. The molecule has 3 fully saturated rings. The molecule has 0 saturated carbocycles. The summed E-state index contributed by atoms with van der Waals surface area (Å²) in [6, 6.07) is 24.4. The Labute approximate surface area is 293 Å². The smallest absolute Gasteiger partial charge is 0.253 e. The average molecular weight is 682 g/mol. The highest BCUT2D eigenvalue weighted by molar-refractivity contribution is 6.34. The van der Waals surface area contributed by atoms with Gasteiger partial charge in [-0.3, -0.25) is 14.4 Å². The van der Waals surface area contributed by atoms with E-state index in [0.29, 0.717) is 30.1 Å². The Hall–Kier alpha value is -4.24. The van der Waals surface area contributed by atoms with Crippen LogP contribution in [0.2, 0.25) is 5.02 Å². The van der Waals surface area contributed by atoms with Crippen molar-refractivity contribution in [3.8, 4) is 0 Å². The number of para-hydroxylation sites is 1. The third-order valence-electron chi connectivity index (χ3n) is 10.8. The van der Waals surface area contributed by atoms with E-state index in [4.69, 9.17) is 16.3 Å². The van der Waals surface area contributed by atoms with Crippen LogP contribution in [0.25, 0.3) is 0 Å². The maximum absolute atomic E-state index is 15.2. The highest BCUT2D eigenvalue weighted by Crippen LogP contribution is 2.66. The SMILES string of the molecule is C=CCN(Cc1ccccc1)C(=O)[C@H]1[C@H]2C(=O)N([C@@H](CO)Cc3ccccc3)C(C(=O)N(CC=C)c3ccccc3Cl)C23CC(C)[C@]1(C)O3. The van der Waals surface area contributed by atoms with Crippen molar-refractivity contribution in [2.75, 3.05) is 24.6 Å². The standard InChI is InChI=1S/C40H44ClN3O5/c1-5-21-42(25-29-17-11-8-12-18-29)36(46)33-34-37(47)44(30(26-45)23-28-15-9-7-10-16-28)35(40(34)24-27(3)39(33,4)49-40)38(48)43(22-6-2)32-20-14-13-19-31(32)41/h5-20,27,30,33-35,45H,1-2,21-26H2,3-4H3/t27?,30-,33-,34+,35?,39+,40?/m1/s1. The number of likely N-dealkylation sites (tertiary alicyclic amines) is 1. The fourth-order valence-corrected chi connectivity index (χ4v) is 8.74. The van der Waals surface area contributed by atoms with Crippen molar-refractivity contribution in [1.29, 1.82) is 0 Å². The summed E-state index contributed by atoms with van der Waals surface area (Å²) in [7, 11) is 0. The average Bonchev–Trinajstić information content (AvgIpc) is 3.62. The number of nitrogens with zero attached hydrogens (tertiary/aromatic N) is 3. The topological polar surface area (TPSA) is 90.4 Å². The van der Waals surface area contributed by atoms with E-state index in [-0.39, 0.29) is 37.4 Å². The van der Waals surface area contributed by atoms with E-state index in [1.165, 1.54) is 9.80 Å². The Morgan fingerprint density at radius 2 is 1.59 bits per heavy atom. The van der Waals surface area contributed by atoms with E-state index >= 15 is 9.59 Å². The van der Waals surface area contributed by atoms with Gasteiger partial charge in [-0.1, -0.05) is 103 Å². The molecule has 9 heteroatoms. The first kappa shape index (κ1) is 34.6. The molecule has 0 radical (unpaired) electrons. The molecule has 3 saturated heterocycles. The van der Waals surface area contributed by atoms with Crippen molar-refractivity contribution in [2.45, 2.75) is 56.5 Å². The highest BCUT2D eigenvalue weighted by Gasteiger charge is 2.80. The van der Waals surface area contributed by atoms with Gasteiger partial charge in [0.25, 0.3) is 5.91 Å². The van der Waals surface area contributed by atoms with Gasteiger partial charge < -0.3 is 24.5 Å². The molecule has 3 aliphatic heterocycles. The van der Waals surface area contributed by atoms with Gasteiger partial charge in [0.15, 0.2) is 0 Å². The Kier molecular flexibility index (Phi) is 9.85. The molecule has 3 aromatic carbocycles. The van der Waals surface area contributed by atoms with Crippen molar-refractivity contribution in [1.82, 2.24) is 9.80 Å². The van der Waals surface area contributed by atoms with Crippen molar-refractivity contribution in [2.24, 2.45) is 17.8 Å². The zero-order chi connectivity index (χ0) is 34.9. The number of amides is 3. The van der Waals surface area contributed by atoms with Crippen LogP contribution in [0.4, 0.5) is 5.69 Å². The van der Waals surface area contributed by atoms with E-state index in [0.717, 1.165) is 11.1 Å². The summed E-state index contributed by atoms with van der Waals surface area (Å²) in [4.78, 5) is 49.9. The maximum Gasteiger partial charge on any atom is 0.253 e. The lowest BCUT2D eigenvalue weighted by Crippen LogP contribution is -2.59. The normalized spacial score (nSPS) is 27.4. The lowest BCUT2D eigenvalue weighted by atomic mass is 9.62. The number of anilines is 1. The fourth-order valence-electron chi connectivity index (χ4n) is 8.51. The molecular weight excluding hydrogens is 638 g/mol. The number of benzene rings is 3. The number of hydrogen-bond donors (Lipinski definition) is 1. The summed E-state index contributed by atoms with van der Waals surface area (Å²) >= 11 is 6.66. The van der Waals surface area contributed by atoms with Gasteiger partial charge >= 0.3 is 0 Å². The number of aliphatic hydroxyl groups is 1. The summed E-state index contributed by atoms with van der Waals surface area (Å²) in [5, 5.41) is 11.3. The van der Waals surface area contributed by atoms with Crippen LogP contribution in [0.15, 0.2) is 110 Å². The van der Waals surface area contributed by atoms with Gasteiger partial charge in [0.1, 0.15) is 11.6 Å². The van der Waals surface area contributed by atoms with Gasteiger partial charge in [0.05, 0.1) is 40.8 Å². The molecule has 0 aromatic heterocycles. The monoisotopic (exact) mass is 681 g/mol. The number of carbonyl (C=O) groups is 3. The molecule has 2 bridgehead atoms. The molecular formula is C40H44ClN3O5. The predicted octanol–water partition coefficient (Wildman–Crippen LogP) is 5.69. The molecule has 3 aliphatic rings. The van der Waals surface area contributed by atoms with E-state index in [1.54, 1.807) is 41.3 Å². The minimum absolute atomic E-state index is 0.129. The third kappa shape index (κ3) is 5.90. The van der Waals surface area contributed by atoms with Gasteiger partial charge in [0, 0.05) is 19.6 Å². The van der Waals surface area contributed by atoms with Crippen LogP contribution >= 0.6 is 11.6 Å². The molecule has 3 unspecified atom stereocenters. The fraction of sp³-hybridized carbons (Fsp3) is 0.375. The van der Waals surface area contributed by atoms with Gasteiger partial charge in [-0.25, -0.2) is 0 Å². The summed E-state index contributed by atoms with van der Waals surface area (Å²) in [5.74, 6) is -2.94. The second kappa shape index (κ2) is 13.9. The Morgan fingerprint density at radius 1 is 0.980 bits per heavy atom. The summed E-state index contributed by atoms with van der Waals surface area (Å²) < 4.78 is 7.05. The van der Waals surface area contributed by atoms with Gasteiger partial charge in [-0.2, -0.15) is 0 Å². The first-order valence-corrected chi connectivity index (χ1v) is 17.3. The zero-order valence-electron chi connectivity index (χ0n) is 28.1. The van der Waals surface area contributed by atoms with Crippen molar-refractivity contribution in [3.63, 3.8) is 0 Å². The van der Waals surface area contributed by atoms with Crippen LogP contribution in [-0.4, -0.2) is 75.6 Å². The zero-order valence-corrected chi connectivity index (χ0v) is 28.8. The van der Waals surface area contributed by atoms with Crippen molar-refractivity contribution >= 4 is 35.0 Å². The summed E-state index contributed by atoms with van der Waals surface area (Å²) in [6.07, 6.45) is 4.00. The van der Waals surface area contributed by atoms with Crippen LogP contribution in [0.3, 0.4) is 0 Å². The quantitative estimate of drug-likeness (QED) is 0.234. The Balaban J connectivity index is 1.48. The first-order chi connectivity index (χ1) is 23.6. The predicted molar refractivity (Wildman–Crippen MR) is 191 cm³/mol. The molecule has 1 spiro atoms. The number of ether oxygens (including phenoxy) is 1. The first-order valence-electron chi connectivity index (χ1n) is 16.9. The molecule has 6 rings (SSSR count). The third-order valence-corrected chi connectivity index (χ3v) is 11.1. The van der Waals surface area contributed by atoms with Crippen molar-refractivity contribution < 1.29 is 24.2 Å². The number of rotatable bonds is 13. The van der Waals surface area contributed by atoms with Crippen LogP contribution in [0.1, 0.15) is 31.4 Å². The Bertz CT molecular complexity index is 1720. The van der Waals surface area contributed by atoms with Gasteiger partial charge in [0.2, 0.25) is 11.8 Å². The van der Waals surface area contributed by atoms with E-state index < -0.39 is 41.0 Å². The van der Waals surface area contributed by atoms with E-state index in [9.17, 15) is 9.90 Å². The van der Waals surface area contributed by atoms with Gasteiger partial charge in [-0.05, 0) is 48.9 Å². The lowest BCUT2D eigenvalue weighted by molar-refractivity contribution is -0.154. The summed E-state index contributed by atoms with van der Waals surface area (Å²) in [5.41, 5.74) is -0.00293. The molecule has 49 heavy (non-hydrogen) atoms. The molecule has 8 nitrogen and oxygen atoms in total. The number of halogens is 1. The number of carbonyl (C=O) groups excluding carboxylic acids is 3. The minimum atomic E-state index is -1.32. The molecule has 1 N–H and O–H groups in total. The lowest BCUT2D eigenvalue weighted by Gasteiger charge is -2.39. The van der Waals surface area contributed by atoms with Crippen LogP contribution in [-0.2, 0) is 32.1 Å². The number of aliphatic hydroxyl groups excluding tert-OH is 1. The maximum atomic E-state index is 15.2. The second-order valence-electron chi connectivity index (χ2n) is 13.7.